The summed E-state index contributed by atoms with van der Waals surface area (Å²) >= 11 is 0. The van der Waals surface area contributed by atoms with E-state index in [9.17, 15) is 4.79 Å². The van der Waals surface area contributed by atoms with Crippen LogP contribution in [-0.4, -0.2) is 33.5 Å². The zero-order valence-corrected chi connectivity index (χ0v) is 29.0. The minimum atomic E-state index is -0.887. The molecule has 0 radical (unpaired) electrons. The minimum absolute atomic E-state index is 0.0471. The molecule has 0 fully saturated rings. The van der Waals surface area contributed by atoms with E-state index in [4.69, 9.17) is 28.3 Å². The summed E-state index contributed by atoms with van der Waals surface area (Å²) in [5, 5.41) is 7.98. The van der Waals surface area contributed by atoms with Gasteiger partial charge >= 0.3 is 0 Å². The number of nitrogens with one attached hydrogen (secondary N) is 3. The van der Waals surface area contributed by atoms with Crippen molar-refractivity contribution < 1.29 is 23.2 Å². The Morgan fingerprint density at radius 1 is 1.00 bits per heavy atom. The second kappa shape index (κ2) is 12.5. The number of H-pyrrole nitrogens is 1. The van der Waals surface area contributed by atoms with Gasteiger partial charge in [0, 0.05) is 51.5 Å². The Balaban J connectivity index is 0.000000427. The number of benzene rings is 3. The largest absolute Gasteiger partial charge is 0.469 e. The van der Waals surface area contributed by atoms with Crippen LogP contribution in [0.15, 0.2) is 75.8 Å². The highest BCUT2D eigenvalue weighted by Gasteiger charge is 2.61. The molecule has 11 nitrogen and oxygen atoms in total. The summed E-state index contributed by atoms with van der Waals surface area (Å²) in [6.07, 6.45) is 6.34. The second-order valence-electron chi connectivity index (χ2n) is 13.7. The van der Waals surface area contributed by atoms with E-state index < -0.39 is 17.7 Å². The predicted molar refractivity (Wildman–Crippen MR) is 194 cm³/mol. The molecule has 4 aliphatic heterocycles. The number of aryl methyl sites for hydroxylation is 1. The highest BCUT2D eigenvalue weighted by molar-refractivity contribution is 6.07. The quantitative estimate of drug-likeness (QED) is 0.136. The summed E-state index contributed by atoms with van der Waals surface area (Å²) in [4.78, 5) is 34.8. The van der Waals surface area contributed by atoms with Crippen LogP contribution < -0.4 is 21.1 Å². The molecule has 7 heterocycles. The lowest BCUT2D eigenvalue weighted by atomic mass is 9.72. The van der Waals surface area contributed by atoms with Gasteiger partial charge in [0.25, 0.3) is 0 Å². The maximum atomic E-state index is 13.0. The Kier molecular flexibility index (Phi) is 7.93. The van der Waals surface area contributed by atoms with Gasteiger partial charge in [-0.1, -0.05) is 76.6 Å². The molecule has 2 amide bonds. The number of amides is 2. The van der Waals surface area contributed by atoms with Crippen molar-refractivity contribution in [1.82, 2.24) is 20.3 Å². The number of ether oxygens (including phenoxy) is 1. The average molecular weight is 685 g/mol. The fourth-order valence-electron chi connectivity index (χ4n) is 7.55. The van der Waals surface area contributed by atoms with Crippen LogP contribution in [0.5, 0.6) is 5.75 Å². The molecule has 3 atom stereocenters. The average Bonchev–Trinajstić information content (AvgIpc) is 3.96. The highest BCUT2D eigenvalue weighted by atomic mass is 16.5. The molecule has 6 aromatic rings. The van der Waals surface area contributed by atoms with Crippen LogP contribution in [0.3, 0.4) is 0 Å². The van der Waals surface area contributed by atoms with Crippen molar-refractivity contribution in [1.29, 1.82) is 0 Å². The number of hydrogen-bond acceptors (Lipinski definition) is 8. The smallest absolute Gasteiger partial charge is 0.249 e. The summed E-state index contributed by atoms with van der Waals surface area (Å²) in [7, 11) is 0. The fraction of sp³-hybridized carbons (Fsp3) is 0.300. The van der Waals surface area contributed by atoms with E-state index in [1.54, 1.807) is 6.20 Å². The topological polar surface area (TPSA) is 161 Å². The van der Waals surface area contributed by atoms with Gasteiger partial charge in [0.05, 0.1) is 6.20 Å². The van der Waals surface area contributed by atoms with Gasteiger partial charge in [0.1, 0.15) is 17.2 Å². The van der Waals surface area contributed by atoms with Crippen molar-refractivity contribution in [3.8, 4) is 39.8 Å². The molecule has 10 rings (SSSR count). The summed E-state index contributed by atoms with van der Waals surface area (Å²) in [5.41, 5.74) is 11.9. The number of oxazole rings is 2. The zero-order valence-electron chi connectivity index (χ0n) is 29.0. The number of para-hydroxylation sites is 1. The van der Waals surface area contributed by atoms with E-state index in [0.717, 1.165) is 61.6 Å². The molecule has 1 spiro atoms. The maximum Gasteiger partial charge on any atom is 0.249 e. The number of rotatable bonds is 2. The molecule has 51 heavy (non-hydrogen) atoms. The van der Waals surface area contributed by atoms with Crippen LogP contribution in [0, 0.1) is 5.92 Å². The third-order valence-corrected chi connectivity index (χ3v) is 10.3. The van der Waals surface area contributed by atoms with Crippen molar-refractivity contribution in [2.45, 2.75) is 71.1 Å². The maximum absolute atomic E-state index is 13.0. The Labute approximate surface area is 295 Å². The number of fused-ring (bicyclic) bond motifs is 7. The molecule has 3 aromatic carbocycles. The van der Waals surface area contributed by atoms with Gasteiger partial charge in [0.15, 0.2) is 23.4 Å². The van der Waals surface area contributed by atoms with Gasteiger partial charge in [-0.3, -0.25) is 9.59 Å². The fourth-order valence-corrected chi connectivity index (χ4v) is 7.55. The lowest BCUT2D eigenvalue weighted by molar-refractivity contribution is -0.122. The third-order valence-electron chi connectivity index (χ3n) is 10.3. The van der Waals surface area contributed by atoms with Gasteiger partial charge in [-0.25, -0.2) is 9.97 Å². The summed E-state index contributed by atoms with van der Waals surface area (Å²) in [5.74, 6) is 3.59. The standard InChI is InChI=1S/C34H25N5O4.C5H12.CH3NO/c1-2-22-31-38-29-30(43-31)34-20-7-3-6-18(17-5-4-8-23-27(17)19(14-35-23)25-15-36-32(29)41-25)28(20)39-33(34)42-24-11-9-16(13-21(24)34)10-12-26(40)37-22;1-4-5(2)3;2-1-3/h3-9,11,13-15,22,33,35,39H,2,10,12H2,1H3,(H,37,40);5H,4H2,1-3H3;1H,(H2,2,3). The van der Waals surface area contributed by atoms with Gasteiger partial charge in [-0.15, -0.1) is 0 Å². The van der Waals surface area contributed by atoms with Gasteiger partial charge < -0.3 is 34.9 Å². The first-order chi connectivity index (χ1) is 24.8. The first-order valence-electron chi connectivity index (χ1n) is 17.5. The van der Waals surface area contributed by atoms with Crippen molar-refractivity contribution in [3.05, 3.63) is 95.3 Å². The van der Waals surface area contributed by atoms with E-state index in [1.165, 1.54) is 6.42 Å². The molecular formula is C40H40N6O5. The van der Waals surface area contributed by atoms with Crippen molar-refractivity contribution >= 4 is 28.9 Å². The van der Waals surface area contributed by atoms with Crippen LogP contribution >= 0.6 is 0 Å². The molecule has 4 aliphatic rings. The SMILES string of the molecule is CCC(C)C.CCC1NC(=O)CCc2ccc3c(c2)C24c5cccc(c5NC2O3)-c2cccc3[nH]cc(c23)-c2cnc(o2)-c2nc1oc24.NC=O. The number of primary amides is 1. The van der Waals surface area contributed by atoms with E-state index >= 15 is 0 Å². The van der Waals surface area contributed by atoms with E-state index in [1.807, 2.05) is 25.3 Å². The number of aromatic nitrogens is 3. The molecule has 0 saturated carbocycles. The normalized spacial score (nSPS) is 19.9. The van der Waals surface area contributed by atoms with Gasteiger partial charge in [-0.2, -0.15) is 0 Å². The highest BCUT2D eigenvalue weighted by Crippen LogP contribution is 2.61. The Hall–Kier alpha value is -5.84. The van der Waals surface area contributed by atoms with Gasteiger partial charge in [0.2, 0.25) is 24.1 Å². The third kappa shape index (κ3) is 4.93. The van der Waals surface area contributed by atoms with E-state index in [-0.39, 0.29) is 12.3 Å². The minimum Gasteiger partial charge on any atom is -0.469 e. The molecule has 260 valence electrons. The first-order valence-corrected chi connectivity index (χ1v) is 17.5. The Bertz CT molecular complexity index is 2300. The van der Waals surface area contributed by atoms with Crippen molar-refractivity contribution in [2.75, 3.05) is 5.32 Å². The Morgan fingerprint density at radius 2 is 1.78 bits per heavy atom. The van der Waals surface area contributed by atoms with Crippen LogP contribution in [0.2, 0.25) is 0 Å². The van der Waals surface area contributed by atoms with Crippen molar-refractivity contribution in [3.63, 3.8) is 0 Å². The summed E-state index contributed by atoms with van der Waals surface area (Å²) in [6, 6.07) is 18.5. The monoisotopic (exact) mass is 684 g/mol. The molecule has 10 bridgehead atoms. The van der Waals surface area contributed by atoms with E-state index in [2.05, 4.69) is 84.6 Å². The molecule has 0 saturated heterocycles. The van der Waals surface area contributed by atoms with Crippen LogP contribution in [-0.2, 0) is 21.4 Å². The summed E-state index contributed by atoms with van der Waals surface area (Å²) in [6.45, 7) is 8.66. The van der Waals surface area contributed by atoms with Crippen molar-refractivity contribution in [2.24, 2.45) is 11.7 Å². The number of nitrogens with two attached hydrogens (primary N) is 1. The first kappa shape index (κ1) is 32.4. The molecular weight excluding hydrogens is 644 g/mol. The number of carbonyl (C=O) groups is 2. The molecule has 3 unspecified atom stereocenters. The Morgan fingerprint density at radius 3 is 2.57 bits per heavy atom. The lowest BCUT2D eigenvalue weighted by Crippen LogP contribution is -2.40. The molecule has 0 aliphatic carbocycles. The number of anilines is 1. The van der Waals surface area contributed by atoms with Gasteiger partial charge in [-0.05, 0) is 42.0 Å². The number of carbonyl (C=O) groups excluding carboxylic acids is 2. The van der Waals surface area contributed by atoms with Crippen LogP contribution in [0.25, 0.3) is 44.9 Å². The zero-order chi connectivity index (χ0) is 35.4. The van der Waals surface area contributed by atoms with Crippen LogP contribution in [0.1, 0.15) is 81.3 Å². The number of aromatic amines is 1. The molecule has 3 aromatic heterocycles. The second-order valence-corrected chi connectivity index (χ2v) is 13.7. The number of nitrogens with zero attached hydrogens (tertiary/aromatic N) is 2. The molecule has 11 heteroatoms. The lowest BCUT2D eigenvalue weighted by Gasteiger charge is -2.27. The van der Waals surface area contributed by atoms with E-state index in [0.29, 0.717) is 48.3 Å². The molecule has 5 N–H and O–H groups in total. The summed E-state index contributed by atoms with van der Waals surface area (Å²) < 4.78 is 20.1. The number of hydrogen-bond donors (Lipinski definition) is 4. The predicted octanol–water partition coefficient (Wildman–Crippen LogP) is 7.60. The van der Waals surface area contributed by atoms with Crippen LogP contribution in [0.4, 0.5) is 5.69 Å².